The highest BCUT2D eigenvalue weighted by atomic mass is 16.5. The van der Waals surface area contributed by atoms with Gasteiger partial charge < -0.3 is 4.74 Å². The molecule has 0 radical (unpaired) electrons. The van der Waals surface area contributed by atoms with Crippen molar-refractivity contribution in [2.24, 2.45) is 0 Å². The molecule has 0 saturated heterocycles. The van der Waals surface area contributed by atoms with Crippen LogP contribution in [0.15, 0.2) is 18.2 Å². The molecule has 114 valence electrons. The standard InChI is InChI=1S/C18H25NO2/c1-3-5-6-7-8-9-12-16-15(14-19)11-10-13-17(16)18(20)21-4-2/h10-11,13H,3-9,12H2,1-2H3. The van der Waals surface area contributed by atoms with Crippen molar-refractivity contribution >= 4 is 5.97 Å². The molecule has 0 atom stereocenters. The maximum atomic E-state index is 12.0. The third-order valence-corrected chi connectivity index (χ3v) is 3.57. The monoisotopic (exact) mass is 287 g/mol. The molecule has 0 N–H and O–H groups in total. The van der Waals surface area contributed by atoms with Gasteiger partial charge in [-0.1, -0.05) is 45.1 Å². The normalized spacial score (nSPS) is 10.1. The van der Waals surface area contributed by atoms with E-state index in [1.165, 1.54) is 25.7 Å². The molecule has 21 heavy (non-hydrogen) atoms. The number of carbonyl (C=O) groups excluding carboxylic acids is 1. The highest BCUT2D eigenvalue weighted by molar-refractivity contribution is 5.91. The minimum Gasteiger partial charge on any atom is -0.462 e. The number of ether oxygens (including phenoxy) is 1. The predicted octanol–water partition coefficient (Wildman–Crippen LogP) is 4.64. The number of nitrogens with zero attached hydrogens (tertiary/aromatic N) is 1. The first-order chi connectivity index (χ1) is 10.2. The van der Waals surface area contributed by atoms with E-state index in [1.807, 2.05) is 0 Å². The first kappa shape index (κ1) is 17.2. The second-order valence-electron chi connectivity index (χ2n) is 5.18. The lowest BCUT2D eigenvalue weighted by Crippen LogP contribution is -2.09. The Bertz CT molecular complexity index is 488. The number of rotatable bonds is 9. The van der Waals surface area contributed by atoms with Crippen molar-refractivity contribution < 1.29 is 9.53 Å². The molecule has 0 unspecified atom stereocenters. The van der Waals surface area contributed by atoms with Gasteiger partial charge in [0.15, 0.2) is 0 Å². The first-order valence-electron chi connectivity index (χ1n) is 7.93. The van der Waals surface area contributed by atoms with E-state index in [0.717, 1.165) is 24.8 Å². The number of hydrogen-bond donors (Lipinski definition) is 0. The molecule has 0 saturated carbocycles. The fourth-order valence-corrected chi connectivity index (χ4v) is 2.44. The van der Waals surface area contributed by atoms with Crippen LogP contribution in [0, 0.1) is 11.3 Å². The van der Waals surface area contributed by atoms with E-state index >= 15 is 0 Å². The molecule has 1 aromatic rings. The van der Waals surface area contributed by atoms with Gasteiger partial charge in [0.05, 0.1) is 23.8 Å². The average molecular weight is 287 g/mol. The maximum absolute atomic E-state index is 12.0. The zero-order valence-electron chi connectivity index (χ0n) is 13.2. The van der Waals surface area contributed by atoms with Crippen LogP contribution < -0.4 is 0 Å². The van der Waals surface area contributed by atoms with E-state index in [-0.39, 0.29) is 5.97 Å². The summed E-state index contributed by atoms with van der Waals surface area (Å²) in [6.07, 6.45) is 7.92. The van der Waals surface area contributed by atoms with Gasteiger partial charge in [-0.25, -0.2) is 4.79 Å². The number of benzene rings is 1. The van der Waals surface area contributed by atoms with Crippen molar-refractivity contribution in [3.8, 4) is 6.07 Å². The van der Waals surface area contributed by atoms with Crippen molar-refractivity contribution in [3.05, 3.63) is 34.9 Å². The Labute approximate surface area is 127 Å². The largest absolute Gasteiger partial charge is 0.462 e. The second kappa shape index (κ2) is 9.99. The predicted molar refractivity (Wildman–Crippen MR) is 84.2 cm³/mol. The van der Waals surface area contributed by atoms with E-state index in [9.17, 15) is 10.1 Å². The van der Waals surface area contributed by atoms with Gasteiger partial charge in [-0.05, 0) is 37.5 Å². The summed E-state index contributed by atoms with van der Waals surface area (Å²) in [5.41, 5.74) is 1.98. The smallest absolute Gasteiger partial charge is 0.338 e. The van der Waals surface area contributed by atoms with Gasteiger partial charge in [0, 0.05) is 0 Å². The molecule has 1 aromatic carbocycles. The van der Waals surface area contributed by atoms with Crippen molar-refractivity contribution in [1.29, 1.82) is 5.26 Å². The Morgan fingerprint density at radius 3 is 2.52 bits per heavy atom. The minimum absolute atomic E-state index is 0.324. The maximum Gasteiger partial charge on any atom is 0.338 e. The minimum atomic E-state index is -0.324. The molecule has 1 rings (SSSR count). The average Bonchev–Trinajstić information content (AvgIpc) is 2.50. The molecule has 0 spiro atoms. The van der Waals surface area contributed by atoms with E-state index < -0.39 is 0 Å². The van der Waals surface area contributed by atoms with Crippen molar-refractivity contribution in [2.45, 2.75) is 58.8 Å². The summed E-state index contributed by atoms with van der Waals surface area (Å²) < 4.78 is 5.08. The fourth-order valence-electron chi connectivity index (χ4n) is 2.44. The van der Waals surface area contributed by atoms with Crippen molar-refractivity contribution in [1.82, 2.24) is 0 Å². The van der Waals surface area contributed by atoms with E-state index in [4.69, 9.17) is 4.74 Å². The summed E-state index contributed by atoms with van der Waals surface area (Å²) in [5, 5.41) is 9.23. The molecule has 0 aliphatic rings. The van der Waals surface area contributed by atoms with Gasteiger partial charge in [-0.15, -0.1) is 0 Å². The van der Waals surface area contributed by atoms with E-state index in [0.29, 0.717) is 17.7 Å². The van der Waals surface area contributed by atoms with Crippen LogP contribution in [0.2, 0.25) is 0 Å². The summed E-state index contributed by atoms with van der Waals surface area (Å²) in [6.45, 7) is 4.35. The summed E-state index contributed by atoms with van der Waals surface area (Å²) in [4.78, 5) is 12.0. The third kappa shape index (κ3) is 5.59. The van der Waals surface area contributed by atoms with Crippen LogP contribution in [-0.2, 0) is 11.2 Å². The van der Waals surface area contributed by atoms with Crippen LogP contribution in [0.25, 0.3) is 0 Å². The molecule has 3 heteroatoms. The summed E-state index contributed by atoms with van der Waals surface area (Å²) in [5.74, 6) is -0.324. The molecule has 0 heterocycles. The number of nitriles is 1. The number of esters is 1. The lowest BCUT2D eigenvalue weighted by atomic mass is 9.96. The highest BCUT2D eigenvalue weighted by Crippen LogP contribution is 2.19. The highest BCUT2D eigenvalue weighted by Gasteiger charge is 2.15. The molecule has 0 amide bonds. The number of hydrogen-bond acceptors (Lipinski definition) is 3. The number of carbonyl (C=O) groups is 1. The summed E-state index contributed by atoms with van der Waals surface area (Å²) in [6, 6.07) is 7.46. The zero-order valence-corrected chi connectivity index (χ0v) is 13.2. The van der Waals surface area contributed by atoms with Crippen LogP contribution >= 0.6 is 0 Å². The molecular formula is C18H25NO2. The molecule has 0 aliphatic carbocycles. The Hall–Kier alpha value is -1.82. The first-order valence-corrected chi connectivity index (χ1v) is 7.93. The van der Waals surface area contributed by atoms with Crippen molar-refractivity contribution in [2.75, 3.05) is 6.61 Å². The molecule has 3 nitrogen and oxygen atoms in total. The lowest BCUT2D eigenvalue weighted by Gasteiger charge is -2.10. The molecule has 0 aromatic heterocycles. The van der Waals surface area contributed by atoms with Gasteiger partial charge in [-0.3, -0.25) is 0 Å². The lowest BCUT2D eigenvalue weighted by molar-refractivity contribution is 0.0525. The molecule has 0 aliphatic heterocycles. The van der Waals surface area contributed by atoms with Crippen molar-refractivity contribution in [3.63, 3.8) is 0 Å². The quantitative estimate of drug-likeness (QED) is 0.491. The van der Waals surface area contributed by atoms with Gasteiger partial charge in [0.1, 0.15) is 0 Å². The molecular weight excluding hydrogens is 262 g/mol. The summed E-state index contributed by atoms with van der Waals surface area (Å²) in [7, 11) is 0. The van der Waals surface area contributed by atoms with Gasteiger partial charge in [-0.2, -0.15) is 5.26 Å². The SMILES string of the molecule is CCCCCCCCc1c(C#N)cccc1C(=O)OCC. The fraction of sp³-hybridized carbons (Fsp3) is 0.556. The topological polar surface area (TPSA) is 50.1 Å². The Kier molecular flexibility index (Phi) is 8.19. The second-order valence-corrected chi connectivity index (χ2v) is 5.18. The Balaban J connectivity index is 2.70. The van der Waals surface area contributed by atoms with E-state index in [1.54, 1.807) is 25.1 Å². The van der Waals surface area contributed by atoms with Gasteiger partial charge in [0.2, 0.25) is 0 Å². The molecule has 0 fully saturated rings. The molecule has 0 bridgehead atoms. The Morgan fingerprint density at radius 1 is 1.14 bits per heavy atom. The Morgan fingerprint density at radius 2 is 1.86 bits per heavy atom. The zero-order chi connectivity index (χ0) is 15.5. The third-order valence-electron chi connectivity index (χ3n) is 3.57. The summed E-state index contributed by atoms with van der Waals surface area (Å²) >= 11 is 0. The van der Waals surface area contributed by atoms with Crippen LogP contribution in [0.5, 0.6) is 0 Å². The van der Waals surface area contributed by atoms with Crippen LogP contribution in [0.3, 0.4) is 0 Å². The van der Waals surface area contributed by atoms with E-state index in [2.05, 4.69) is 13.0 Å². The number of unbranched alkanes of at least 4 members (excludes halogenated alkanes) is 5. The van der Waals surface area contributed by atoms with Gasteiger partial charge in [0.25, 0.3) is 0 Å². The van der Waals surface area contributed by atoms with Crippen LogP contribution in [0.1, 0.15) is 73.9 Å². The van der Waals surface area contributed by atoms with Gasteiger partial charge >= 0.3 is 5.97 Å². The van der Waals surface area contributed by atoms with Crippen LogP contribution in [-0.4, -0.2) is 12.6 Å². The van der Waals surface area contributed by atoms with Crippen LogP contribution in [0.4, 0.5) is 0 Å².